The van der Waals surface area contributed by atoms with Crippen molar-refractivity contribution >= 4 is 66.5 Å². The van der Waals surface area contributed by atoms with Crippen LogP contribution in [0, 0.1) is 0 Å². The summed E-state index contributed by atoms with van der Waals surface area (Å²) >= 11 is 0. The van der Waals surface area contributed by atoms with Gasteiger partial charge in [-0.3, -0.25) is 0 Å². The van der Waals surface area contributed by atoms with Crippen LogP contribution < -0.4 is 0 Å². The molecule has 2 aromatic heterocycles. The topological polar surface area (TPSA) is 9.86 Å². The third-order valence-corrected chi connectivity index (χ3v) is 18.1. The summed E-state index contributed by atoms with van der Waals surface area (Å²) in [5.74, 6) is 0. The molecule has 0 atom stereocenters. The molecule has 2 heteroatoms. The van der Waals surface area contributed by atoms with Gasteiger partial charge in [0.1, 0.15) is 0 Å². The van der Waals surface area contributed by atoms with E-state index in [9.17, 15) is 0 Å². The van der Waals surface area contributed by atoms with E-state index in [0.29, 0.717) is 0 Å². The van der Waals surface area contributed by atoms with E-state index in [1.807, 2.05) is 0 Å². The monoisotopic (exact) mass is 1020 g/mol. The number of rotatable bonds is 7. The Morgan fingerprint density at radius 3 is 1.27 bits per heavy atom. The first-order valence-electron chi connectivity index (χ1n) is 28.1. The molecule has 0 bridgehead atoms. The van der Waals surface area contributed by atoms with Crippen molar-refractivity contribution in [2.24, 2.45) is 0 Å². The van der Waals surface area contributed by atoms with Crippen LogP contribution in [0.15, 0.2) is 255 Å². The van der Waals surface area contributed by atoms with Gasteiger partial charge < -0.3 is 9.13 Å². The lowest BCUT2D eigenvalue weighted by molar-refractivity contribution is 0.660. The summed E-state index contributed by atoms with van der Waals surface area (Å²) in [6, 6.07) is 95.1. The first kappa shape index (κ1) is 46.3. The minimum Gasteiger partial charge on any atom is -0.309 e. The van der Waals surface area contributed by atoms with E-state index in [-0.39, 0.29) is 10.8 Å². The summed E-state index contributed by atoms with van der Waals surface area (Å²) in [7, 11) is 0. The number of benzene rings is 12. The van der Waals surface area contributed by atoms with Gasteiger partial charge in [0.15, 0.2) is 0 Å². The number of hydrogen-bond acceptors (Lipinski definition) is 0. The molecule has 2 heterocycles. The molecular formula is C78H56N2. The van der Waals surface area contributed by atoms with Crippen LogP contribution in [0.3, 0.4) is 0 Å². The van der Waals surface area contributed by atoms with Crippen LogP contribution >= 0.6 is 0 Å². The standard InChI is InChI=1S/C78H56N2/c1-77(2)68-45-54(51-30-27-49(28-31-51)25-26-50-29-41-75-66(43-50)64-20-10-12-22-73(64)79(75)58-17-6-5-7-18-58)32-37-60(68)62-39-34-56(47-70(62)77)57-35-40-63-61-38-33-55(46-69(61)78(3,4)71(63)48-57)53-36-42-76-67(44-53)65-21-11-13-23-74(65)80(76)72-24-14-16-52-15-8-9-19-59(52)72/h5-48H,1-4H3. The molecule has 14 aromatic rings. The Kier molecular flexibility index (Phi) is 10.1. The molecule has 0 saturated heterocycles. The van der Waals surface area contributed by atoms with Crippen LogP contribution in [-0.2, 0) is 10.8 Å². The minimum atomic E-state index is -0.177. The number of hydrogen-bond donors (Lipinski definition) is 0. The van der Waals surface area contributed by atoms with Crippen molar-refractivity contribution in [2.75, 3.05) is 0 Å². The predicted octanol–water partition coefficient (Wildman–Crippen LogP) is 20.8. The fraction of sp³-hybridized carbons (Fsp3) is 0.0769. The first-order chi connectivity index (χ1) is 39.2. The number of aromatic nitrogens is 2. The molecule has 0 N–H and O–H groups in total. The Labute approximate surface area is 466 Å². The lowest BCUT2D eigenvalue weighted by Gasteiger charge is -2.24. The van der Waals surface area contributed by atoms with Gasteiger partial charge in [0.05, 0.1) is 27.8 Å². The van der Waals surface area contributed by atoms with E-state index in [1.165, 1.54) is 155 Å². The van der Waals surface area contributed by atoms with Gasteiger partial charge in [0, 0.05) is 43.4 Å². The van der Waals surface area contributed by atoms with E-state index < -0.39 is 0 Å². The van der Waals surface area contributed by atoms with E-state index in [1.54, 1.807) is 0 Å². The summed E-state index contributed by atoms with van der Waals surface area (Å²) < 4.78 is 4.81. The van der Waals surface area contributed by atoms with Crippen molar-refractivity contribution in [2.45, 2.75) is 38.5 Å². The maximum Gasteiger partial charge on any atom is 0.0541 e. The second-order valence-electron chi connectivity index (χ2n) is 23.3. The molecule has 16 rings (SSSR count). The Hall–Kier alpha value is -9.76. The van der Waals surface area contributed by atoms with Crippen LogP contribution in [0.1, 0.15) is 61.1 Å². The molecule has 80 heavy (non-hydrogen) atoms. The average Bonchev–Trinajstić information content (AvgIpc) is 4.38. The zero-order valence-electron chi connectivity index (χ0n) is 45.3. The molecule has 0 amide bonds. The van der Waals surface area contributed by atoms with Crippen LogP contribution in [0.25, 0.3) is 134 Å². The highest BCUT2D eigenvalue weighted by molar-refractivity contribution is 6.12. The molecule has 0 spiro atoms. The van der Waals surface area contributed by atoms with Crippen LogP contribution in [0.5, 0.6) is 0 Å². The van der Waals surface area contributed by atoms with E-state index in [0.717, 1.165) is 0 Å². The first-order valence-corrected chi connectivity index (χ1v) is 28.1. The maximum absolute atomic E-state index is 2.47. The van der Waals surface area contributed by atoms with Crippen molar-refractivity contribution in [1.29, 1.82) is 0 Å². The Balaban J connectivity index is 0.662. The van der Waals surface area contributed by atoms with E-state index >= 15 is 0 Å². The van der Waals surface area contributed by atoms with Crippen LogP contribution in [-0.4, -0.2) is 9.13 Å². The third kappa shape index (κ3) is 6.98. The summed E-state index contributed by atoms with van der Waals surface area (Å²) in [5, 5.41) is 7.56. The maximum atomic E-state index is 2.47. The molecule has 2 nitrogen and oxygen atoms in total. The Morgan fingerprint density at radius 2 is 0.675 bits per heavy atom. The molecule has 2 aliphatic carbocycles. The van der Waals surface area contributed by atoms with Gasteiger partial charge in [0.2, 0.25) is 0 Å². The smallest absolute Gasteiger partial charge is 0.0541 e. The van der Waals surface area contributed by atoms with Crippen molar-refractivity contribution in [3.8, 4) is 67.0 Å². The molecule has 0 fully saturated rings. The Morgan fingerprint density at radius 1 is 0.275 bits per heavy atom. The van der Waals surface area contributed by atoms with E-state index in [2.05, 4.69) is 304 Å². The van der Waals surface area contributed by atoms with Gasteiger partial charge >= 0.3 is 0 Å². The SMILES string of the molecule is CC1(C)c2cc(-c3ccc(C=Cc4ccc5c(c4)c4ccccc4n5-c4ccccc4)cc3)ccc2-c2ccc(-c3ccc4c(c3)C(C)(C)c3cc(-c5ccc6c(c5)c5ccccc5n6-c5cccc6ccccc56)ccc3-4)cc21. The van der Waals surface area contributed by atoms with E-state index in [4.69, 9.17) is 0 Å². The second kappa shape index (κ2) is 17.4. The number of para-hydroxylation sites is 3. The number of fused-ring (bicyclic) bond motifs is 13. The zero-order valence-corrected chi connectivity index (χ0v) is 45.3. The predicted molar refractivity (Wildman–Crippen MR) is 339 cm³/mol. The molecular weight excluding hydrogens is 965 g/mol. The van der Waals surface area contributed by atoms with Crippen molar-refractivity contribution < 1.29 is 0 Å². The summed E-state index contributed by atoms with van der Waals surface area (Å²) in [5.41, 5.74) is 27.6. The second-order valence-corrected chi connectivity index (χ2v) is 23.3. The molecule has 12 aromatic carbocycles. The fourth-order valence-electron chi connectivity index (χ4n) is 13.9. The molecule has 2 aliphatic rings. The largest absolute Gasteiger partial charge is 0.309 e. The molecule has 0 aliphatic heterocycles. The van der Waals surface area contributed by atoms with Gasteiger partial charge in [-0.2, -0.15) is 0 Å². The van der Waals surface area contributed by atoms with Crippen LogP contribution in [0.4, 0.5) is 0 Å². The van der Waals surface area contributed by atoms with Gasteiger partial charge in [0.25, 0.3) is 0 Å². The lowest BCUT2D eigenvalue weighted by atomic mass is 9.79. The summed E-state index contributed by atoms with van der Waals surface area (Å²) in [6.45, 7) is 9.61. The van der Waals surface area contributed by atoms with Crippen LogP contribution in [0.2, 0.25) is 0 Å². The molecule has 0 unspecified atom stereocenters. The zero-order chi connectivity index (χ0) is 53.4. The molecule has 0 saturated carbocycles. The number of nitrogens with zero attached hydrogens (tertiary/aromatic N) is 2. The highest BCUT2D eigenvalue weighted by atomic mass is 15.0. The quantitative estimate of drug-likeness (QED) is 0.141. The minimum absolute atomic E-state index is 0.162. The third-order valence-electron chi connectivity index (χ3n) is 18.1. The molecule has 378 valence electrons. The molecule has 0 radical (unpaired) electrons. The fourth-order valence-corrected chi connectivity index (χ4v) is 13.9. The van der Waals surface area contributed by atoms with Gasteiger partial charge in [-0.05, 0) is 173 Å². The summed E-state index contributed by atoms with van der Waals surface area (Å²) in [4.78, 5) is 0. The lowest BCUT2D eigenvalue weighted by Crippen LogP contribution is -2.15. The Bertz CT molecular complexity index is 4920. The van der Waals surface area contributed by atoms with Crippen molar-refractivity contribution in [3.63, 3.8) is 0 Å². The van der Waals surface area contributed by atoms with Gasteiger partial charge in [-0.1, -0.05) is 216 Å². The van der Waals surface area contributed by atoms with Crippen molar-refractivity contribution in [1.82, 2.24) is 9.13 Å². The highest BCUT2D eigenvalue weighted by Crippen LogP contribution is 2.53. The van der Waals surface area contributed by atoms with Gasteiger partial charge in [-0.25, -0.2) is 0 Å². The average molecular weight is 1020 g/mol. The summed E-state index contributed by atoms with van der Waals surface area (Å²) in [6.07, 6.45) is 4.47. The van der Waals surface area contributed by atoms with Crippen molar-refractivity contribution in [3.05, 3.63) is 288 Å². The highest BCUT2D eigenvalue weighted by Gasteiger charge is 2.38. The normalized spacial score (nSPS) is 13.9. The van der Waals surface area contributed by atoms with Gasteiger partial charge in [-0.15, -0.1) is 0 Å².